The number of hydrogen-bond donors (Lipinski definition) is 1. The number of amides is 2. The van der Waals surface area contributed by atoms with Crippen LogP contribution in [-0.2, 0) is 16.1 Å². The molecule has 31 heavy (non-hydrogen) atoms. The molecule has 0 fully saturated rings. The molecule has 0 aliphatic carbocycles. The second-order valence-corrected chi connectivity index (χ2v) is 9.23. The average molecular weight is 425 g/mol. The SMILES string of the molecule is CC[C@@H](C(=O)NC(C)(C)C)N(Cc1cccc(C)c1)C(=O)COc1cc(C)ccc1C. The first-order valence-corrected chi connectivity index (χ1v) is 10.9. The van der Waals surface area contributed by atoms with Gasteiger partial charge in [-0.05, 0) is 70.7 Å². The Kier molecular flexibility index (Phi) is 8.26. The van der Waals surface area contributed by atoms with Gasteiger partial charge in [0.15, 0.2) is 6.61 Å². The van der Waals surface area contributed by atoms with E-state index in [2.05, 4.69) is 5.32 Å². The third-order valence-electron chi connectivity index (χ3n) is 5.01. The summed E-state index contributed by atoms with van der Waals surface area (Å²) in [5.74, 6) is 0.331. The largest absolute Gasteiger partial charge is 0.483 e. The maximum Gasteiger partial charge on any atom is 0.261 e. The molecule has 1 N–H and O–H groups in total. The van der Waals surface area contributed by atoms with E-state index in [0.29, 0.717) is 18.7 Å². The normalized spacial score (nSPS) is 12.2. The van der Waals surface area contributed by atoms with Gasteiger partial charge in [-0.3, -0.25) is 9.59 Å². The summed E-state index contributed by atoms with van der Waals surface area (Å²) in [7, 11) is 0. The van der Waals surface area contributed by atoms with Gasteiger partial charge in [0, 0.05) is 12.1 Å². The predicted molar refractivity (Wildman–Crippen MR) is 125 cm³/mol. The molecule has 0 radical (unpaired) electrons. The average Bonchev–Trinajstić information content (AvgIpc) is 2.67. The Morgan fingerprint density at radius 2 is 1.71 bits per heavy atom. The Morgan fingerprint density at radius 1 is 1.03 bits per heavy atom. The highest BCUT2D eigenvalue weighted by molar-refractivity contribution is 5.88. The van der Waals surface area contributed by atoms with Crippen LogP contribution in [0, 0.1) is 20.8 Å². The molecule has 2 aromatic carbocycles. The lowest BCUT2D eigenvalue weighted by Crippen LogP contribution is -2.54. The number of carbonyl (C=O) groups excluding carboxylic acids is 2. The molecule has 5 heteroatoms. The van der Waals surface area contributed by atoms with Gasteiger partial charge in [0.05, 0.1) is 0 Å². The van der Waals surface area contributed by atoms with Gasteiger partial charge in [0.25, 0.3) is 5.91 Å². The van der Waals surface area contributed by atoms with Crippen molar-refractivity contribution in [2.24, 2.45) is 0 Å². The number of hydrogen-bond acceptors (Lipinski definition) is 3. The molecule has 2 rings (SSSR count). The van der Waals surface area contributed by atoms with Gasteiger partial charge in [-0.25, -0.2) is 0 Å². The maximum absolute atomic E-state index is 13.3. The van der Waals surface area contributed by atoms with Crippen LogP contribution in [0.1, 0.15) is 56.4 Å². The fraction of sp³-hybridized carbons (Fsp3) is 0.462. The van der Waals surface area contributed by atoms with Crippen LogP contribution >= 0.6 is 0 Å². The summed E-state index contributed by atoms with van der Waals surface area (Å²) in [6.07, 6.45) is 0.517. The van der Waals surface area contributed by atoms with E-state index in [1.54, 1.807) is 4.90 Å². The first kappa shape index (κ1) is 24.4. The van der Waals surface area contributed by atoms with E-state index in [-0.39, 0.29) is 24.0 Å². The lowest BCUT2D eigenvalue weighted by atomic mass is 10.1. The Balaban J connectivity index is 2.27. The number of nitrogens with zero attached hydrogens (tertiary/aromatic N) is 1. The van der Waals surface area contributed by atoms with Crippen molar-refractivity contribution in [3.63, 3.8) is 0 Å². The summed E-state index contributed by atoms with van der Waals surface area (Å²) in [6, 6.07) is 13.3. The molecule has 0 unspecified atom stereocenters. The fourth-order valence-electron chi connectivity index (χ4n) is 3.46. The number of nitrogens with one attached hydrogen (secondary N) is 1. The lowest BCUT2D eigenvalue weighted by molar-refractivity contribution is -0.143. The number of aryl methyl sites for hydroxylation is 3. The van der Waals surface area contributed by atoms with Crippen molar-refractivity contribution in [1.82, 2.24) is 10.2 Å². The topological polar surface area (TPSA) is 58.6 Å². The fourth-order valence-corrected chi connectivity index (χ4v) is 3.46. The maximum atomic E-state index is 13.3. The summed E-state index contributed by atoms with van der Waals surface area (Å²) in [4.78, 5) is 28.0. The monoisotopic (exact) mass is 424 g/mol. The van der Waals surface area contributed by atoms with Crippen LogP contribution in [0.4, 0.5) is 0 Å². The molecule has 0 saturated heterocycles. The van der Waals surface area contributed by atoms with Crippen molar-refractivity contribution >= 4 is 11.8 Å². The van der Waals surface area contributed by atoms with Crippen molar-refractivity contribution < 1.29 is 14.3 Å². The van der Waals surface area contributed by atoms with E-state index in [4.69, 9.17) is 4.74 Å². The summed E-state index contributed by atoms with van der Waals surface area (Å²) < 4.78 is 5.87. The Hall–Kier alpha value is -2.82. The summed E-state index contributed by atoms with van der Waals surface area (Å²) >= 11 is 0. The molecule has 0 aliphatic rings. The van der Waals surface area contributed by atoms with E-state index < -0.39 is 6.04 Å². The van der Waals surface area contributed by atoms with Crippen LogP contribution in [0.2, 0.25) is 0 Å². The number of carbonyl (C=O) groups is 2. The zero-order chi connectivity index (χ0) is 23.2. The Bertz CT molecular complexity index is 915. The second kappa shape index (κ2) is 10.5. The molecule has 0 saturated carbocycles. The van der Waals surface area contributed by atoms with E-state index in [1.807, 2.05) is 90.9 Å². The van der Waals surface area contributed by atoms with Gasteiger partial charge in [-0.2, -0.15) is 0 Å². The van der Waals surface area contributed by atoms with Crippen LogP contribution in [-0.4, -0.2) is 34.9 Å². The zero-order valence-electron chi connectivity index (χ0n) is 19.9. The van der Waals surface area contributed by atoms with Gasteiger partial charge < -0.3 is 15.0 Å². The van der Waals surface area contributed by atoms with Gasteiger partial charge in [-0.1, -0.05) is 48.9 Å². The molecular formula is C26H36N2O3. The van der Waals surface area contributed by atoms with Gasteiger partial charge >= 0.3 is 0 Å². The van der Waals surface area contributed by atoms with E-state index in [9.17, 15) is 9.59 Å². The van der Waals surface area contributed by atoms with Crippen molar-refractivity contribution in [2.75, 3.05) is 6.61 Å². The zero-order valence-corrected chi connectivity index (χ0v) is 19.9. The molecule has 5 nitrogen and oxygen atoms in total. The summed E-state index contributed by atoms with van der Waals surface area (Å²) in [6.45, 7) is 13.9. The molecule has 0 heterocycles. The second-order valence-electron chi connectivity index (χ2n) is 9.23. The minimum atomic E-state index is -0.575. The third-order valence-corrected chi connectivity index (χ3v) is 5.01. The molecular weight excluding hydrogens is 388 g/mol. The highest BCUT2D eigenvalue weighted by atomic mass is 16.5. The molecule has 0 spiro atoms. The third kappa shape index (κ3) is 7.42. The van der Waals surface area contributed by atoms with Crippen LogP contribution in [0.25, 0.3) is 0 Å². The Labute approximate surface area is 186 Å². The molecule has 1 atom stereocenters. The first-order valence-electron chi connectivity index (χ1n) is 10.9. The van der Waals surface area contributed by atoms with Gasteiger partial charge in [0.1, 0.15) is 11.8 Å². The highest BCUT2D eigenvalue weighted by Gasteiger charge is 2.31. The van der Waals surface area contributed by atoms with E-state index in [1.165, 1.54) is 0 Å². The van der Waals surface area contributed by atoms with Crippen LogP contribution in [0.3, 0.4) is 0 Å². The van der Waals surface area contributed by atoms with Crippen molar-refractivity contribution in [3.05, 3.63) is 64.7 Å². The molecule has 168 valence electrons. The van der Waals surface area contributed by atoms with Gasteiger partial charge in [-0.15, -0.1) is 0 Å². The molecule has 2 aromatic rings. The van der Waals surface area contributed by atoms with Crippen LogP contribution in [0.5, 0.6) is 5.75 Å². The smallest absolute Gasteiger partial charge is 0.261 e. The Morgan fingerprint density at radius 3 is 2.32 bits per heavy atom. The number of rotatable bonds is 8. The summed E-state index contributed by atoms with van der Waals surface area (Å²) in [5.41, 5.74) is 3.77. The minimum Gasteiger partial charge on any atom is -0.483 e. The van der Waals surface area contributed by atoms with Gasteiger partial charge in [0.2, 0.25) is 5.91 Å². The first-order chi connectivity index (χ1) is 14.5. The standard InChI is InChI=1S/C26H36N2O3/c1-8-22(25(30)27-26(5,6)7)28(16-21-11-9-10-18(2)14-21)24(29)17-31-23-15-19(3)12-13-20(23)4/h9-15,22H,8,16-17H2,1-7H3,(H,27,30)/t22-/m0/s1. The van der Waals surface area contributed by atoms with E-state index in [0.717, 1.165) is 22.3 Å². The van der Waals surface area contributed by atoms with Crippen molar-refractivity contribution in [1.29, 1.82) is 0 Å². The van der Waals surface area contributed by atoms with E-state index >= 15 is 0 Å². The highest BCUT2D eigenvalue weighted by Crippen LogP contribution is 2.20. The van der Waals surface area contributed by atoms with Crippen molar-refractivity contribution in [3.8, 4) is 5.75 Å². The predicted octanol–water partition coefficient (Wildman–Crippen LogP) is 4.71. The number of ether oxygens (including phenoxy) is 1. The number of benzene rings is 2. The minimum absolute atomic E-state index is 0.116. The van der Waals surface area contributed by atoms with Crippen LogP contribution < -0.4 is 10.1 Å². The quantitative estimate of drug-likeness (QED) is 0.667. The summed E-state index contributed by atoms with van der Waals surface area (Å²) in [5, 5.41) is 3.02. The molecule has 0 aromatic heterocycles. The van der Waals surface area contributed by atoms with Crippen molar-refractivity contribution in [2.45, 2.75) is 73.0 Å². The molecule has 0 bridgehead atoms. The molecule has 0 aliphatic heterocycles. The van der Waals surface area contributed by atoms with Crippen LogP contribution in [0.15, 0.2) is 42.5 Å². The lowest BCUT2D eigenvalue weighted by Gasteiger charge is -2.33. The molecule has 2 amide bonds.